The second-order valence-corrected chi connectivity index (χ2v) is 4.66. The lowest BCUT2D eigenvalue weighted by molar-refractivity contribution is 1.54. The first-order valence-electron chi connectivity index (χ1n) is 4.90. The van der Waals surface area contributed by atoms with Gasteiger partial charge in [0.15, 0.2) is 0 Å². The van der Waals surface area contributed by atoms with E-state index in [4.69, 9.17) is 0 Å². The van der Waals surface area contributed by atoms with Crippen molar-refractivity contribution in [2.75, 3.05) is 0 Å². The fraction of sp³-hybridized carbons (Fsp3) is 0.143. The molecule has 0 bridgehead atoms. The van der Waals surface area contributed by atoms with Crippen molar-refractivity contribution in [2.45, 2.75) is 13.8 Å². The minimum absolute atomic E-state index is 1.08. The quantitative estimate of drug-likeness (QED) is 0.540. The fourth-order valence-electron chi connectivity index (χ4n) is 1.27. The lowest BCUT2D eigenvalue weighted by Crippen LogP contribution is -1.82. The van der Waals surface area contributed by atoms with Gasteiger partial charge in [0, 0.05) is 3.58 Å². The third-order valence-electron chi connectivity index (χ3n) is 2.17. The van der Waals surface area contributed by atoms with E-state index >= 15 is 0 Å². The van der Waals surface area contributed by atoms with E-state index in [-0.39, 0.29) is 0 Å². The number of benzene rings is 1. The van der Waals surface area contributed by atoms with Crippen LogP contribution in [-0.4, -0.2) is 0 Å². The van der Waals surface area contributed by atoms with Crippen molar-refractivity contribution in [3.63, 3.8) is 0 Å². The molecule has 0 unspecified atom stereocenters. The van der Waals surface area contributed by atoms with Gasteiger partial charge >= 0.3 is 0 Å². The van der Waals surface area contributed by atoms with Crippen LogP contribution in [0.15, 0.2) is 49.1 Å². The summed E-state index contributed by atoms with van der Waals surface area (Å²) < 4.78 is 1.08. The molecule has 1 heteroatoms. The van der Waals surface area contributed by atoms with Gasteiger partial charge in [0.05, 0.1) is 0 Å². The van der Waals surface area contributed by atoms with Crippen LogP contribution in [0.25, 0.3) is 9.15 Å². The normalized spacial score (nSPS) is 12.1. The van der Waals surface area contributed by atoms with Crippen LogP contribution in [0.2, 0.25) is 0 Å². The minimum atomic E-state index is 1.08. The number of hydrogen-bond donors (Lipinski definition) is 0. The summed E-state index contributed by atoms with van der Waals surface area (Å²) in [5, 5.41) is 0. The van der Waals surface area contributed by atoms with Crippen molar-refractivity contribution < 1.29 is 0 Å². The average molecular weight is 310 g/mol. The number of allylic oxidation sites excluding steroid dienone is 4. The summed E-state index contributed by atoms with van der Waals surface area (Å²) in [5.74, 6) is 0. The Balaban J connectivity index is 3.05. The molecule has 1 rings (SSSR count). The number of hydrogen-bond acceptors (Lipinski definition) is 0. The van der Waals surface area contributed by atoms with E-state index < -0.39 is 0 Å². The first kappa shape index (κ1) is 12.2. The molecule has 0 nitrogen and oxygen atoms in total. The van der Waals surface area contributed by atoms with Crippen LogP contribution in [0, 0.1) is 0 Å². The van der Waals surface area contributed by atoms with E-state index in [0.717, 1.165) is 3.58 Å². The minimum Gasteiger partial charge on any atom is -0.0877 e. The Kier molecular flexibility index (Phi) is 4.82. The van der Waals surface area contributed by atoms with Gasteiger partial charge in [0.1, 0.15) is 0 Å². The van der Waals surface area contributed by atoms with Crippen LogP contribution < -0.4 is 0 Å². The summed E-state index contributed by atoms with van der Waals surface area (Å²) in [6, 6.07) is 8.45. The van der Waals surface area contributed by atoms with Crippen LogP contribution in [0.5, 0.6) is 0 Å². The summed E-state index contributed by atoms with van der Waals surface area (Å²) in [4.78, 5) is 0. The number of rotatable bonds is 3. The molecule has 0 radical (unpaired) electrons. The Labute approximate surface area is 106 Å². The van der Waals surface area contributed by atoms with Crippen LogP contribution in [0.3, 0.4) is 0 Å². The summed E-state index contributed by atoms with van der Waals surface area (Å²) in [5.41, 5.74) is 3.72. The van der Waals surface area contributed by atoms with Gasteiger partial charge in [-0.25, -0.2) is 0 Å². The second-order valence-electron chi connectivity index (χ2n) is 3.36. The van der Waals surface area contributed by atoms with Crippen LogP contribution in [0.4, 0.5) is 0 Å². The molecule has 0 saturated heterocycles. The molecule has 0 atom stereocenters. The van der Waals surface area contributed by atoms with Gasteiger partial charge in [-0.2, -0.15) is 0 Å². The predicted molar refractivity (Wildman–Crippen MR) is 78.0 cm³/mol. The van der Waals surface area contributed by atoms with Crippen molar-refractivity contribution in [3.8, 4) is 0 Å². The van der Waals surface area contributed by atoms with Gasteiger partial charge in [-0.15, -0.1) is 0 Å². The molecular formula is C14H15I. The molecule has 0 spiro atoms. The molecule has 0 aliphatic carbocycles. The second kappa shape index (κ2) is 5.91. The Morgan fingerprint density at radius 3 is 2.60 bits per heavy atom. The summed E-state index contributed by atoms with van der Waals surface area (Å²) in [6.45, 7) is 8.08. The van der Waals surface area contributed by atoms with Crippen LogP contribution >= 0.6 is 22.6 Å². The maximum Gasteiger partial charge on any atom is 0.0131 e. The monoisotopic (exact) mass is 310 g/mol. The van der Waals surface area contributed by atoms with E-state index in [0.29, 0.717) is 0 Å². The van der Waals surface area contributed by atoms with E-state index in [9.17, 15) is 0 Å². The molecule has 0 aromatic heterocycles. The maximum atomic E-state index is 3.94. The van der Waals surface area contributed by atoms with Crippen molar-refractivity contribution in [3.05, 3.63) is 60.2 Å². The summed E-state index contributed by atoms with van der Waals surface area (Å²) in [6.07, 6.45) is 6.21. The average Bonchev–Trinajstić information content (AvgIpc) is 2.26. The van der Waals surface area contributed by atoms with Gasteiger partial charge in [-0.1, -0.05) is 43.0 Å². The summed E-state index contributed by atoms with van der Waals surface area (Å²) >= 11 is 2.25. The van der Waals surface area contributed by atoms with Crippen molar-refractivity contribution in [2.24, 2.45) is 0 Å². The van der Waals surface area contributed by atoms with Gasteiger partial charge in [-0.3, -0.25) is 0 Å². The van der Waals surface area contributed by atoms with Crippen LogP contribution in [0.1, 0.15) is 25.0 Å². The molecule has 1 aromatic carbocycles. The molecular weight excluding hydrogens is 295 g/mol. The highest BCUT2D eigenvalue weighted by atomic mass is 127. The SMILES string of the molecule is C=C(I)c1cccc(/C(C)=C/C=C\C)c1. The predicted octanol–water partition coefficient (Wildman–Crippen LogP) is 5.07. The third kappa shape index (κ3) is 3.67. The molecule has 0 saturated carbocycles. The van der Waals surface area contributed by atoms with E-state index in [1.165, 1.54) is 16.7 Å². The van der Waals surface area contributed by atoms with Crippen LogP contribution in [-0.2, 0) is 0 Å². The molecule has 0 heterocycles. The zero-order valence-corrected chi connectivity index (χ0v) is 11.3. The first-order chi connectivity index (χ1) is 7.15. The van der Waals surface area contributed by atoms with Crippen molar-refractivity contribution >= 4 is 31.7 Å². The Morgan fingerprint density at radius 1 is 1.33 bits per heavy atom. The highest BCUT2D eigenvalue weighted by molar-refractivity contribution is 14.1. The van der Waals surface area contributed by atoms with Crippen molar-refractivity contribution in [1.82, 2.24) is 0 Å². The lowest BCUT2D eigenvalue weighted by Gasteiger charge is -2.03. The Hall–Kier alpha value is -0.830. The molecule has 0 N–H and O–H groups in total. The van der Waals surface area contributed by atoms with E-state index in [1.807, 2.05) is 13.0 Å². The van der Waals surface area contributed by atoms with Crippen molar-refractivity contribution in [1.29, 1.82) is 0 Å². The van der Waals surface area contributed by atoms with Gasteiger partial charge < -0.3 is 0 Å². The Bertz CT molecular complexity index is 411. The largest absolute Gasteiger partial charge is 0.0877 e. The first-order valence-corrected chi connectivity index (χ1v) is 5.98. The summed E-state index contributed by atoms with van der Waals surface area (Å²) in [7, 11) is 0. The number of halogens is 1. The molecule has 78 valence electrons. The highest BCUT2D eigenvalue weighted by Gasteiger charge is 1.98. The third-order valence-corrected chi connectivity index (χ3v) is 2.79. The van der Waals surface area contributed by atoms with Gasteiger partial charge in [0.25, 0.3) is 0 Å². The molecule has 0 amide bonds. The standard InChI is InChI=1S/C14H15I/c1-4-5-7-11(2)13-8-6-9-14(10-13)12(3)15/h4-10H,3H2,1-2H3/b5-4-,11-7+. The van der Waals surface area contributed by atoms with E-state index in [1.54, 1.807) is 0 Å². The smallest absolute Gasteiger partial charge is 0.0131 e. The zero-order valence-electron chi connectivity index (χ0n) is 9.13. The molecule has 15 heavy (non-hydrogen) atoms. The van der Waals surface area contributed by atoms with Gasteiger partial charge in [0.2, 0.25) is 0 Å². The van der Waals surface area contributed by atoms with Gasteiger partial charge in [-0.05, 0) is 59.2 Å². The van der Waals surface area contributed by atoms with E-state index in [2.05, 4.69) is 72.5 Å². The highest BCUT2D eigenvalue weighted by Crippen LogP contribution is 2.23. The molecule has 0 fully saturated rings. The zero-order chi connectivity index (χ0) is 11.3. The Morgan fingerprint density at radius 2 is 2.00 bits per heavy atom. The molecule has 1 aromatic rings. The maximum absolute atomic E-state index is 3.94. The molecule has 0 aliphatic heterocycles. The molecule has 0 aliphatic rings. The topological polar surface area (TPSA) is 0 Å². The fourth-order valence-corrected chi connectivity index (χ4v) is 1.61. The lowest BCUT2D eigenvalue weighted by atomic mass is 10.0.